The van der Waals surface area contributed by atoms with E-state index in [1.165, 1.54) is 5.56 Å². The third kappa shape index (κ3) is 6.38. The van der Waals surface area contributed by atoms with Crippen molar-refractivity contribution in [2.24, 2.45) is 4.99 Å². The lowest BCUT2D eigenvalue weighted by Gasteiger charge is -2.33. The molecule has 138 valence electrons. The number of guanidine groups is 1. The van der Waals surface area contributed by atoms with E-state index < -0.39 is 0 Å². The Balaban J connectivity index is 1.80. The van der Waals surface area contributed by atoms with Crippen molar-refractivity contribution in [1.82, 2.24) is 20.4 Å². The van der Waals surface area contributed by atoms with Crippen LogP contribution in [0.2, 0.25) is 0 Å². The molecule has 1 heterocycles. The highest BCUT2D eigenvalue weighted by molar-refractivity contribution is 5.80. The Bertz CT molecular complexity index is 552. The van der Waals surface area contributed by atoms with E-state index in [1.54, 1.807) is 6.92 Å². The van der Waals surface area contributed by atoms with Crippen LogP contribution >= 0.6 is 0 Å². The Hall–Kier alpha value is -2.08. The van der Waals surface area contributed by atoms with E-state index in [9.17, 15) is 4.79 Å². The van der Waals surface area contributed by atoms with Crippen molar-refractivity contribution < 1.29 is 4.79 Å². The van der Waals surface area contributed by atoms with Crippen LogP contribution in [0.4, 0.5) is 0 Å². The summed E-state index contributed by atoms with van der Waals surface area (Å²) in [6, 6.07) is 10.6. The second-order valence-electron chi connectivity index (χ2n) is 6.39. The van der Waals surface area contributed by atoms with Crippen molar-refractivity contribution >= 4 is 11.9 Å². The van der Waals surface area contributed by atoms with Gasteiger partial charge in [0.15, 0.2) is 5.96 Å². The van der Waals surface area contributed by atoms with Gasteiger partial charge in [0, 0.05) is 46.2 Å². The van der Waals surface area contributed by atoms with Gasteiger partial charge in [0.25, 0.3) is 0 Å². The number of benzene rings is 1. The summed E-state index contributed by atoms with van der Waals surface area (Å²) in [6.45, 7) is 11.9. The summed E-state index contributed by atoms with van der Waals surface area (Å²) in [7, 11) is 0. The van der Waals surface area contributed by atoms with Gasteiger partial charge in [-0.25, -0.2) is 0 Å². The Morgan fingerprint density at radius 2 is 1.88 bits per heavy atom. The highest BCUT2D eigenvalue weighted by Gasteiger charge is 2.17. The first kappa shape index (κ1) is 19.2. The maximum absolute atomic E-state index is 11.4. The van der Waals surface area contributed by atoms with Crippen LogP contribution < -0.4 is 10.6 Å². The molecule has 1 atom stereocenters. The van der Waals surface area contributed by atoms with Crippen molar-refractivity contribution in [3.05, 3.63) is 35.9 Å². The zero-order valence-corrected chi connectivity index (χ0v) is 15.7. The molecule has 0 bridgehead atoms. The van der Waals surface area contributed by atoms with Gasteiger partial charge in [-0.2, -0.15) is 0 Å². The molecular weight excluding hydrogens is 314 g/mol. The molecule has 6 heteroatoms. The van der Waals surface area contributed by atoms with Gasteiger partial charge in [-0.1, -0.05) is 30.3 Å². The molecule has 0 aromatic heterocycles. The summed E-state index contributed by atoms with van der Waals surface area (Å²) in [5, 5.41) is 6.77. The SMILES string of the molecule is CCNC(=NCCN1CCN(C(C)=O)CC1)NC(C)c1ccccc1. The second kappa shape index (κ2) is 10.0. The number of nitrogens with one attached hydrogen (secondary N) is 2. The molecule has 1 aromatic rings. The lowest BCUT2D eigenvalue weighted by atomic mass is 10.1. The summed E-state index contributed by atoms with van der Waals surface area (Å²) in [4.78, 5) is 20.3. The van der Waals surface area contributed by atoms with Crippen LogP contribution in [0.15, 0.2) is 35.3 Å². The first-order valence-corrected chi connectivity index (χ1v) is 9.17. The minimum Gasteiger partial charge on any atom is -0.357 e. The maximum atomic E-state index is 11.4. The lowest BCUT2D eigenvalue weighted by Crippen LogP contribution is -2.48. The number of aliphatic imine (C=N–C) groups is 1. The topological polar surface area (TPSA) is 60.0 Å². The molecule has 6 nitrogen and oxygen atoms in total. The van der Waals surface area contributed by atoms with Gasteiger partial charge in [-0.15, -0.1) is 0 Å². The number of rotatable bonds is 6. The predicted molar refractivity (Wildman–Crippen MR) is 103 cm³/mol. The second-order valence-corrected chi connectivity index (χ2v) is 6.39. The summed E-state index contributed by atoms with van der Waals surface area (Å²) < 4.78 is 0. The molecule has 2 rings (SSSR count). The van der Waals surface area contributed by atoms with Crippen molar-refractivity contribution in [2.75, 3.05) is 45.8 Å². The van der Waals surface area contributed by atoms with Crippen molar-refractivity contribution in [3.63, 3.8) is 0 Å². The molecule has 1 aliphatic rings. The lowest BCUT2D eigenvalue weighted by molar-refractivity contribution is -0.130. The fourth-order valence-electron chi connectivity index (χ4n) is 2.94. The third-order valence-corrected chi connectivity index (χ3v) is 4.50. The van der Waals surface area contributed by atoms with Gasteiger partial charge < -0.3 is 15.5 Å². The molecular formula is C19H31N5O. The van der Waals surface area contributed by atoms with Gasteiger partial charge in [0.2, 0.25) is 5.91 Å². The van der Waals surface area contributed by atoms with E-state index in [4.69, 9.17) is 4.99 Å². The molecule has 1 aromatic carbocycles. The molecule has 25 heavy (non-hydrogen) atoms. The Kier molecular flexibility index (Phi) is 7.73. The smallest absolute Gasteiger partial charge is 0.219 e. The van der Waals surface area contributed by atoms with E-state index in [2.05, 4.69) is 53.6 Å². The van der Waals surface area contributed by atoms with Crippen LogP contribution in [-0.2, 0) is 4.79 Å². The molecule has 1 amide bonds. The van der Waals surface area contributed by atoms with Crippen LogP contribution in [0.25, 0.3) is 0 Å². The van der Waals surface area contributed by atoms with Crippen LogP contribution in [0, 0.1) is 0 Å². The number of piperazine rings is 1. The molecule has 0 aliphatic carbocycles. The number of nitrogens with zero attached hydrogens (tertiary/aromatic N) is 3. The number of hydrogen-bond donors (Lipinski definition) is 2. The summed E-state index contributed by atoms with van der Waals surface area (Å²) in [6.07, 6.45) is 0. The molecule has 0 spiro atoms. The first-order valence-electron chi connectivity index (χ1n) is 9.17. The van der Waals surface area contributed by atoms with Crippen LogP contribution in [0.5, 0.6) is 0 Å². The molecule has 1 saturated heterocycles. The van der Waals surface area contributed by atoms with Crippen molar-refractivity contribution in [3.8, 4) is 0 Å². The van der Waals surface area contributed by atoms with Crippen LogP contribution in [0.1, 0.15) is 32.4 Å². The zero-order chi connectivity index (χ0) is 18.1. The summed E-state index contributed by atoms with van der Waals surface area (Å²) in [5.74, 6) is 1.02. The molecule has 1 unspecified atom stereocenters. The number of carbonyl (C=O) groups is 1. The van der Waals surface area contributed by atoms with Crippen LogP contribution in [-0.4, -0.2) is 67.5 Å². The molecule has 0 radical (unpaired) electrons. The Morgan fingerprint density at radius 3 is 2.48 bits per heavy atom. The number of carbonyl (C=O) groups excluding carboxylic acids is 1. The summed E-state index contributed by atoms with van der Waals surface area (Å²) in [5.41, 5.74) is 1.24. The number of amides is 1. The highest BCUT2D eigenvalue weighted by atomic mass is 16.2. The van der Waals surface area contributed by atoms with Gasteiger partial charge in [0.1, 0.15) is 0 Å². The first-order chi connectivity index (χ1) is 12.1. The average Bonchev–Trinajstić information content (AvgIpc) is 2.63. The maximum Gasteiger partial charge on any atom is 0.219 e. The van der Waals surface area contributed by atoms with E-state index in [1.807, 2.05) is 11.0 Å². The Labute approximate surface area is 151 Å². The molecule has 1 aliphatic heterocycles. The fraction of sp³-hybridized carbons (Fsp3) is 0.579. The summed E-state index contributed by atoms with van der Waals surface area (Å²) >= 11 is 0. The minimum atomic E-state index is 0.172. The largest absolute Gasteiger partial charge is 0.357 e. The highest BCUT2D eigenvalue weighted by Crippen LogP contribution is 2.10. The minimum absolute atomic E-state index is 0.172. The third-order valence-electron chi connectivity index (χ3n) is 4.50. The van der Waals surface area contributed by atoms with Gasteiger partial charge in [-0.3, -0.25) is 14.7 Å². The van der Waals surface area contributed by atoms with E-state index >= 15 is 0 Å². The van der Waals surface area contributed by atoms with E-state index in [0.717, 1.165) is 51.8 Å². The van der Waals surface area contributed by atoms with E-state index in [-0.39, 0.29) is 11.9 Å². The van der Waals surface area contributed by atoms with Crippen LogP contribution in [0.3, 0.4) is 0 Å². The monoisotopic (exact) mass is 345 g/mol. The van der Waals surface area contributed by atoms with E-state index in [0.29, 0.717) is 0 Å². The average molecular weight is 345 g/mol. The molecule has 0 saturated carbocycles. The van der Waals surface area contributed by atoms with Crippen molar-refractivity contribution in [2.45, 2.75) is 26.8 Å². The molecule has 2 N–H and O–H groups in total. The standard InChI is InChI=1S/C19H31N5O/c1-4-20-19(22-16(2)18-8-6-5-7-9-18)21-10-11-23-12-14-24(15-13-23)17(3)25/h5-9,16H,4,10-15H2,1-3H3,(H2,20,21,22). The number of hydrogen-bond acceptors (Lipinski definition) is 3. The Morgan fingerprint density at radius 1 is 1.20 bits per heavy atom. The fourth-order valence-corrected chi connectivity index (χ4v) is 2.94. The normalized spacial score (nSPS) is 17.2. The van der Waals surface area contributed by atoms with Crippen molar-refractivity contribution in [1.29, 1.82) is 0 Å². The zero-order valence-electron chi connectivity index (χ0n) is 15.7. The predicted octanol–water partition coefficient (Wildman–Crippen LogP) is 1.47. The van der Waals surface area contributed by atoms with Gasteiger partial charge in [0.05, 0.1) is 12.6 Å². The quantitative estimate of drug-likeness (QED) is 0.605. The van der Waals surface area contributed by atoms with Gasteiger partial charge >= 0.3 is 0 Å². The van der Waals surface area contributed by atoms with Gasteiger partial charge in [-0.05, 0) is 19.4 Å². The molecule has 1 fully saturated rings.